The molecule has 0 aliphatic heterocycles. The predicted molar refractivity (Wildman–Crippen MR) is 67.3 cm³/mol. The number of phenolic OH excluding ortho intramolecular Hbond substituents is 1. The van der Waals surface area contributed by atoms with Crippen LogP contribution in [0.3, 0.4) is 0 Å². The fourth-order valence-electron chi connectivity index (χ4n) is 1.77. The third-order valence-corrected chi connectivity index (χ3v) is 2.62. The van der Waals surface area contributed by atoms with Crippen LogP contribution in [0.1, 0.15) is 0 Å². The first-order valence-electron chi connectivity index (χ1n) is 5.37. The molecule has 0 atom stereocenters. The summed E-state index contributed by atoms with van der Waals surface area (Å²) >= 11 is 0. The number of fused-ring (bicyclic) bond motifs is 1. The van der Waals surface area contributed by atoms with E-state index in [4.69, 9.17) is 0 Å². The number of aromatic hydroxyl groups is 1. The van der Waals surface area contributed by atoms with Gasteiger partial charge in [-0.15, -0.1) is 0 Å². The van der Waals surface area contributed by atoms with Crippen molar-refractivity contribution in [1.82, 2.24) is 15.0 Å². The standard InChI is InChI=1S/C13H9N3O2/c17-9-3-4-11-10(6-9)13(18)16-12(15-11)8-2-1-5-14-7-8/h1-7,17H,(H,15,16,18). The number of nitrogens with one attached hydrogen (secondary N) is 1. The maximum absolute atomic E-state index is 11.9. The second-order valence-corrected chi connectivity index (χ2v) is 3.86. The molecule has 0 aliphatic carbocycles. The van der Waals surface area contributed by atoms with Gasteiger partial charge >= 0.3 is 0 Å². The number of H-pyrrole nitrogens is 1. The molecule has 0 saturated heterocycles. The summed E-state index contributed by atoms with van der Waals surface area (Å²) in [7, 11) is 0. The minimum absolute atomic E-state index is 0.0453. The van der Waals surface area contributed by atoms with Gasteiger partial charge in [-0.25, -0.2) is 4.98 Å². The monoisotopic (exact) mass is 239 g/mol. The topological polar surface area (TPSA) is 78.9 Å². The van der Waals surface area contributed by atoms with E-state index in [1.807, 2.05) is 6.07 Å². The SMILES string of the molecule is O=c1[nH]c(-c2cccnc2)nc2ccc(O)cc12. The number of nitrogens with zero attached hydrogens (tertiary/aromatic N) is 2. The summed E-state index contributed by atoms with van der Waals surface area (Å²) in [6.45, 7) is 0. The van der Waals surface area contributed by atoms with Crippen LogP contribution in [0.15, 0.2) is 47.5 Å². The highest BCUT2D eigenvalue weighted by Crippen LogP contribution is 2.18. The van der Waals surface area contributed by atoms with Crippen LogP contribution >= 0.6 is 0 Å². The Morgan fingerprint density at radius 2 is 2.11 bits per heavy atom. The van der Waals surface area contributed by atoms with Crippen molar-refractivity contribution < 1.29 is 5.11 Å². The zero-order chi connectivity index (χ0) is 12.5. The minimum Gasteiger partial charge on any atom is -0.508 e. The molecule has 3 aromatic rings. The summed E-state index contributed by atoms with van der Waals surface area (Å²) in [5.74, 6) is 0.509. The highest BCUT2D eigenvalue weighted by molar-refractivity contribution is 5.80. The lowest BCUT2D eigenvalue weighted by Gasteiger charge is -2.02. The average molecular weight is 239 g/mol. The second-order valence-electron chi connectivity index (χ2n) is 3.86. The molecule has 2 N–H and O–H groups in total. The van der Waals surface area contributed by atoms with Gasteiger partial charge in [-0.2, -0.15) is 0 Å². The van der Waals surface area contributed by atoms with Crippen LogP contribution in [0.2, 0.25) is 0 Å². The van der Waals surface area contributed by atoms with Crippen LogP contribution in [0.4, 0.5) is 0 Å². The molecule has 1 aromatic carbocycles. The summed E-state index contributed by atoms with van der Waals surface area (Å²) in [5.41, 5.74) is 0.995. The molecule has 0 saturated carbocycles. The molecule has 3 rings (SSSR count). The third-order valence-electron chi connectivity index (χ3n) is 2.62. The van der Waals surface area contributed by atoms with Gasteiger partial charge in [-0.05, 0) is 30.3 Å². The van der Waals surface area contributed by atoms with Gasteiger partial charge in [0.05, 0.1) is 10.9 Å². The highest BCUT2D eigenvalue weighted by Gasteiger charge is 2.06. The normalized spacial score (nSPS) is 10.7. The van der Waals surface area contributed by atoms with Crippen molar-refractivity contribution in [2.45, 2.75) is 0 Å². The molecule has 0 aliphatic rings. The molecular weight excluding hydrogens is 230 g/mol. The van der Waals surface area contributed by atoms with Crippen molar-refractivity contribution in [2.24, 2.45) is 0 Å². The van der Waals surface area contributed by atoms with Gasteiger partial charge < -0.3 is 10.1 Å². The summed E-state index contributed by atoms with van der Waals surface area (Å²) in [6.07, 6.45) is 3.28. The van der Waals surface area contributed by atoms with E-state index in [-0.39, 0.29) is 11.3 Å². The quantitative estimate of drug-likeness (QED) is 0.677. The van der Waals surface area contributed by atoms with Gasteiger partial charge in [0.25, 0.3) is 5.56 Å². The maximum atomic E-state index is 11.9. The van der Waals surface area contributed by atoms with E-state index < -0.39 is 0 Å². The van der Waals surface area contributed by atoms with E-state index in [0.29, 0.717) is 16.7 Å². The van der Waals surface area contributed by atoms with E-state index in [1.54, 1.807) is 24.5 Å². The Labute approximate surface area is 102 Å². The summed E-state index contributed by atoms with van der Waals surface area (Å²) < 4.78 is 0. The van der Waals surface area contributed by atoms with Gasteiger partial charge in [0.1, 0.15) is 11.6 Å². The predicted octanol–water partition coefficient (Wildman–Crippen LogP) is 1.69. The van der Waals surface area contributed by atoms with E-state index in [0.717, 1.165) is 5.56 Å². The third kappa shape index (κ3) is 1.71. The first-order valence-corrected chi connectivity index (χ1v) is 5.37. The summed E-state index contributed by atoms with van der Waals surface area (Å²) in [5, 5.41) is 9.71. The molecule has 0 unspecified atom stereocenters. The van der Waals surface area contributed by atoms with Crippen molar-refractivity contribution >= 4 is 10.9 Å². The van der Waals surface area contributed by atoms with E-state index in [1.165, 1.54) is 12.1 Å². The van der Waals surface area contributed by atoms with Crippen molar-refractivity contribution in [1.29, 1.82) is 0 Å². The lowest BCUT2D eigenvalue weighted by Crippen LogP contribution is -2.09. The van der Waals surface area contributed by atoms with E-state index in [9.17, 15) is 9.90 Å². The molecule has 88 valence electrons. The molecule has 2 aromatic heterocycles. The van der Waals surface area contributed by atoms with E-state index >= 15 is 0 Å². The fraction of sp³-hybridized carbons (Fsp3) is 0. The van der Waals surface area contributed by atoms with Crippen LogP contribution in [0, 0.1) is 0 Å². The van der Waals surface area contributed by atoms with Crippen molar-refractivity contribution in [3.8, 4) is 17.1 Å². The Balaban J connectivity index is 2.29. The fourth-order valence-corrected chi connectivity index (χ4v) is 1.77. The highest BCUT2D eigenvalue weighted by atomic mass is 16.3. The first kappa shape index (κ1) is 10.5. The molecule has 0 bridgehead atoms. The van der Waals surface area contributed by atoms with Gasteiger partial charge in [0.2, 0.25) is 0 Å². The number of hydrogen-bond acceptors (Lipinski definition) is 4. The first-order chi connectivity index (χ1) is 8.74. The van der Waals surface area contributed by atoms with Crippen LogP contribution in [0.5, 0.6) is 5.75 Å². The minimum atomic E-state index is -0.283. The van der Waals surface area contributed by atoms with E-state index in [2.05, 4.69) is 15.0 Å². The molecule has 5 heteroatoms. The average Bonchev–Trinajstić information content (AvgIpc) is 2.40. The maximum Gasteiger partial charge on any atom is 0.259 e. The van der Waals surface area contributed by atoms with Gasteiger partial charge in [-0.3, -0.25) is 9.78 Å². The number of pyridine rings is 1. The Bertz CT molecular complexity index is 766. The second kappa shape index (κ2) is 3.96. The smallest absolute Gasteiger partial charge is 0.259 e. The largest absolute Gasteiger partial charge is 0.508 e. The number of aromatic amines is 1. The molecule has 0 fully saturated rings. The number of aromatic nitrogens is 3. The molecule has 2 heterocycles. The number of rotatable bonds is 1. The molecule has 0 amide bonds. The van der Waals surface area contributed by atoms with Crippen molar-refractivity contribution in [3.63, 3.8) is 0 Å². The molecule has 0 spiro atoms. The molecular formula is C13H9N3O2. The number of hydrogen-bond donors (Lipinski definition) is 2. The molecule has 0 radical (unpaired) electrons. The summed E-state index contributed by atoms with van der Waals surface area (Å²) in [4.78, 5) is 22.9. The van der Waals surface area contributed by atoms with Crippen LogP contribution in [-0.4, -0.2) is 20.1 Å². The van der Waals surface area contributed by atoms with Crippen LogP contribution in [0.25, 0.3) is 22.3 Å². The van der Waals surface area contributed by atoms with Crippen LogP contribution in [-0.2, 0) is 0 Å². The molecule has 18 heavy (non-hydrogen) atoms. The Hall–Kier alpha value is -2.69. The lowest BCUT2D eigenvalue weighted by molar-refractivity contribution is 0.476. The zero-order valence-electron chi connectivity index (χ0n) is 9.29. The Morgan fingerprint density at radius 3 is 2.89 bits per heavy atom. The van der Waals surface area contributed by atoms with Crippen molar-refractivity contribution in [2.75, 3.05) is 0 Å². The molecule has 5 nitrogen and oxygen atoms in total. The van der Waals surface area contributed by atoms with Crippen LogP contribution < -0.4 is 5.56 Å². The Morgan fingerprint density at radius 1 is 1.22 bits per heavy atom. The lowest BCUT2D eigenvalue weighted by atomic mass is 10.2. The zero-order valence-corrected chi connectivity index (χ0v) is 9.29. The van der Waals surface area contributed by atoms with Gasteiger partial charge in [0.15, 0.2) is 0 Å². The number of benzene rings is 1. The van der Waals surface area contributed by atoms with Gasteiger partial charge in [-0.1, -0.05) is 0 Å². The summed E-state index contributed by atoms with van der Waals surface area (Å²) in [6, 6.07) is 8.10. The Kier molecular flexibility index (Phi) is 2.30. The van der Waals surface area contributed by atoms with Crippen molar-refractivity contribution in [3.05, 3.63) is 53.1 Å². The van der Waals surface area contributed by atoms with Gasteiger partial charge in [0, 0.05) is 18.0 Å². The number of phenols is 1.